The minimum absolute atomic E-state index is 0.0690. The van der Waals surface area contributed by atoms with Gasteiger partial charge in [0.15, 0.2) is 0 Å². The molecule has 6 heteroatoms. The molecule has 148 valence electrons. The van der Waals surface area contributed by atoms with Crippen LogP contribution in [0.4, 0.5) is 10.5 Å². The lowest BCUT2D eigenvalue weighted by Crippen LogP contribution is -2.26. The number of nitrogens with two attached hydrogens (primary N) is 1. The fraction of sp³-hybridized carbons (Fsp3) is 0.261. The van der Waals surface area contributed by atoms with Crippen LogP contribution in [-0.2, 0) is 19.4 Å². The minimum Gasteiger partial charge on any atom is -0.351 e. The third-order valence-corrected chi connectivity index (χ3v) is 5.32. The first-order valence-corrected chi connectivity index (χ1v) is 9.87. The SMILES string of the molecule is Cc1ccc2nc3c(c(C(=O)NCc4ccc(NC(N)=O)cc4)c2c1)CCCC3. The molecule has 0 atom stereocenters. The summed E-state index contributed by atoms with van der Waals surface area (Å²) in [6.45, 7) is 2.43. The van der Waals surface area contributed by atoms with Crippen LogP contribution >= 0.6 is 0 Å². The Morgan fingerprint density at radius 2 is 1.83 bits per heavy atom. The standard InChI is InChI=1S/C23H24N4O2/c1-14-6-11-20-18(12-14)21(17-4-2-3-5-19(17)27-20)22(28)25-13-15-7-9-16(10-8-15)26-23(24)29/h6-12H,2-5,13H2,1H3,(H,25,28)(H3,24,26,29). The van der Waals surface area contributed by atoms with Crippen molar-refractivity contribution in [3.05, 3.63) is 70.4 Å². The van der Waals surface area contributed by atoms with Crippen molar-refractivity contribution in [3.63, 3.8) is 0 Å². The van der Waals surface area contributed by atoms with Gasteiger partial charge in [0.1, 0.15) is 0 Å². The smallest absolute Gasteiger partial charge is 0.316 e. The van der Waals surface area contributed by atoms with Crippen molar-refractivity contribution in [1.82, 2.24) is 10.3 Å². The highest BCUT2D eigenvalue weighted by molar-refractivity contribution is 6.08. The summed E-state index contributed by atoms with van der Waals surface area (Å²) in [7, 11) is 0. The molecule has 0 bridgehead atoms. The van der Waals surface area contributed by atoms with Crippen molar-refractivity contribution in [3.8, 4) is 0 Å². The van der Waals surface area contributed by atoms with Gasteiger partial charge in [-0.05, 0) is 68.0 Å². The first-order valence-electron chi connectivity index (χ1n) is 9.87. The zero-order valence-corrected chi connectivity index (χ0v) is 16.4. The van der Waals surface area contributed by atoms with Crippen LogP contribution in [0.5, 0.6) is 0 Å². The molecule has 0 saturated heterocycles. The second-order valence-electron chi connectivity index (χ2n) is 7.51. The summed E-state index contributed by atoms with van der Waals surface area (Å²) in [4.78, 5) is 29.0. The maximum absolute atomic E-state index is 13.2. The van der Waals surface area contributed by atoms with Gasteiger partial charge in [-0.3, -0.25) is 9.78 Å². The molecule has 3 aromatic rings. The van der Waals surface area contributed by atoms with Crippen molar-refractivity contribution in [2.45, 2.75) is 39.2 Å². The Kier molecular flexibility index (Phi) is 5.16. The molecular formula is C23H24N4O2. The number of amides is 3. The number of carbonyl (C=O) groups excluding carboxylic acids is 2. The van der Waals surface area contributed by atoms with Gasteiger partial charge in [-0.1, -0.05) is 23.8 Å². The number of fused-ring (bicyclic) bond motifs is 2. The summed E-state index contributed by atoms with van der Waals surface area (Å²) in [5.74, 6) is -0.0690. The van der Waals surface area contributed by atoms with E-state index in [-0.39, 0.29) is 5.91 Å². The highest BCUT2D eigenvalue weighted by atomic mass is 16.2. The van der Waals surface area contributed by atoms with Gasteiger partial charge in [-0.2, -0.15) is 0 Å². The number of carbonyl (C=O) groups is 2. The van der Waals surface area contributed by atoms with Gasteiger partial charge in [-0.25, -0.2) is 4.79 Å². The zero-order valence-electron chi connectivity index (χ0n) is 16.4. The molecule has 0 aliphatic heterocycles. The van der Waals surface area contributed by atoms with Gasteiger partial charge < -0.3 is 16.4 Å². The van der Waals surface area contributed by atoms with Crippen LogP contribution in [0.3, 0.4) is 0 Å². The number of aromatic nitrogens is 1. The normalized spacial score (nSPS) is 13.0. The van der Waals surface area contributed by atoms with Crippen LogP contribution < -0.4 is 16.4 Å². The lowest BCUT2D eigenvalue weighted by atomic mass is 9.89. The number of urea groups is 1. The Balaban J connectivity index is 1.61. The van der Waals surface area contributed by atoms with E-state index in [0.717, 1.165) is 64.5 Å². The van der Waals surface area contributed by atoms with E-state index >= 15 is 0 Å². The van der Waals surface area contributed by atoms with Crippen molar-refractivity contribution >= 4 is 28.5 Å². The van der Waals surface area contributed by atoms with Crippen LogP contribution in [0.1, 0.15) is 45.6 Å². The number of nitrogens with zero attached hydrogens (tertiary/aromatic N) is 1. The van der Waals surface area contributed by atoms with Crippen LogP contribution in [0.2, 0.25) is 0 Å². The Labute approximate surface area is 169 Å². The first kappa shape index (κ1) is 18.9. The number of anilines is 1. The Hall–Kier alpha value is -3.41. The summed E-state index contributed by atoms with van der Waals surface area (Å²) in [6, 6.07) is 12.7. The Morgan fingerprint density at radius 1 is 1.07 bits per heavy atom. The van der Waals surface area contributed by atoms with Crippen LogP contribution in [0.25, 0.3) is 10.9 Å². The molecule has 1 heterocycles. The van der Waals surface area contributed by atoms with Gasteiger partial charge in [0.05, 0.1) is 11.1 Å². The zero-order chi connectivity index (χ0) is 20.4. The van der Waals surface area contributed by atoms with E-state index in [1.165, 1.54) is 0 Å². The predicted octanol–water partition coefficient (Wildman–Crippen LogP) is 3.84. The second-order valence-corrected chi connectivity index (χ2v) is 7.51. The first-order chi connectivity index (χ1) is 14.0. The molecule has 0 radical (unpaired) electrons. The summed E-state index contributed by atoms with van der Waals surface area (Å²) in [6.07, 6.45) is 4.01. The lowest BCUT2D eigenvalue weighted by molar-refractivity contribution is 0.0951. The lowest BCUT2D eigenvalue weighted by Gasteiger charge is -2.20. The average Bonchev–Trinajstić information content (AvgIpc) is 2.71. The van der Waals surface area contributed by atoms with Crippen molar-refractivity contribution in [2.24, 2.45) is 5.73 Å². The number of rotatable bonds is 4. The molecule has 0 spiro atoms. The summed E-state index contributed by atoms with van der Waals surface area (Å²) < 4.78 is 0. The predicted molar refractivity (Wildman–Crippen MR) is 114 cm³/mol. The number of benzene rings is 2. The third-order valence-electron chi connectivity index (χ3n) is 5.32. The van der Waals surface area contributed by atoms with E-state index in [1.54, 1.807) is 12.1 Å². The number of primary amides is 1. The van der Waals surface area contributed by atoms with Crippen LogP contribution in [0, 0.1) is 6.92 Å². The Bertz CT molecular complexity index is 1090. The van der Waals surface area contributed by atoms with Gasteiger partial charge in [-0.15, -0.1) is 0 Å². The van der Waals surface area contributed by atoms with E-state index in [9.17, 15) is 9.59 Å². The maximum atomic E-state index is 13.2. The minimum atomic E-state index is -0.601. The summed E-state index contributed by atoms with van der Waals surface area (Å²) >= 11 is 0. The molecule has 1 aliphatic rings. The topological polar surface area (TPSA) is 97.1 Å². The second kappa shape index (κ2) is 7.91. The maximum Gasteiger partial charge on any atom is 0.316 e. The molecule has 4 N–H and O–H groups in total. The molecule has 4 rings (SSSR count). The molecule has 0 fully saturated rings. The van der Waals surface area contributed by atoms with E-state index in [0.29, 0.717) is 12.2 Å². The van der Waals surface area contributed by atoms with Gasteiger partial charge in [0.25, 0.3) is 5.91 Å². The fourth-order valence-corrected chi connectivity index (χ4v) is 3.92. The molecule has 1 aliphatic carbocycles. The van der Waals surface area contributed by atoms with Crippen LogP contribution in [-0.4, -0.2) is 16.9 Å². The Morgan fingerprint density at radius 3 is 2.59 bits per heavy atom. The van der Waals surface area contributed by atoms with Crippen LogP contribution in [0.15, 0.2) is 42.5 Å². The monoisotopic (exact) mass is 388 g/mol. The van der Waals surface area contributed by atoms with Crippen molar-refractivity contribution in [2.75, 3.05) is 5.32 Å². The van der Waals surface area contributed by atoms with Gasteiger partial charge in [0.2, 0.25) is 0 Å². The van der Waals surface area contributed by atoms with Crippen molar-refractivity contribution < 1.29 is 9.59 Å². The molecule has 2 aromatic carbocycles. The summed E-state index contributed by atoms with van der Waals surface area (Å²) in [5.41, 5.74) is 11.6. The average molecular weight is 388 g/mol. The van der Waals surface area contributed by atoms with E-state index < -0.39 is 6.03 Å². The molecule has 0 saturated carbocycles. The number of nitrogens with one attached hydrogen (secondary N) is 2. The molecule has 0 unspecified atom stereocenters. The van der Waals surface area contributed by atoms with Gasteiger partial charge in [0, 0.05) is 23.3 Å². The number of aryl methyl sites for hydroxylation is 2. The molecular weight excluding hydrogens is 364 g/mol. The van der Waals surface area contributed by atoms with Gasteiger partial charge >= 0.3 is 6.03 Å². The number of hydrogen-bond donors (Lipinski definition) is 3. The number of hydrogen-bond acceptors (Lipinski definition) is 3. The molecule has 6 nitrogen and oxygen atoms in total. The molecule has 29 heavy (non-hydrogen) atoms. The van der Waals surface area contributed by atoms with Crippen molar-refractivity contribution in [1.29, 1.82) is 0 Å². The fourth-order valence-electron chi connectivity index (χ4n) is 3.92. The largest absolute Gasteiger partial charge is 0.351 e. The highest BCUT2D eigenvalue weighted by Gasteiger charge is 2.22. The summed E-state index contributed by atoms with van der Waals surface area (Å²) in [5, 5.41) is 6.51. The van der Waals surface area contributed by atoms with E-state index in [2.05, 4.69) is 16.7 Å². The van der Waals surface area contributed by atoms with E-state index in [1.807, 2.05) is 31.2 Å². The third kappa shape index (κ3) is 4.06. The highest BCUT2D eigenvalue weighted by Crippen LogP contribution is 2.30. The molecule has 3 amide bonds. The number of pyridine rings is 1. The molecule has 1 aromatic heterocycles. The quantitative estimate of drug-likeness (QED) is 0.633. The van der Waals surface area contributed by atoms with E-state index in [4.69, 9.17) is 10.7 Å².